The summed E-state index contributed by atoms with van der Waals surface area (Å²) in [6.45, 7) is 7.28. The summed E-state index contributed by atoms with van der Waals surface area (Å²) in [4.78, 5) is 4.77. The first-order valence-corrected chi connectivity index (χ1v) is 7.28. The molecule has 1 aromatic rings. The van der Waals surface area contributed by atoms with Crippen molar-refractivity contribution in [3.63, 3.8) is 0 Å². The number of nitrogens with two attached hydrogens (primary N) is 1. The number of nitrogens with one attached hydrogen (secondary N) is 1. The van der Waals surface area contributed by atoms with Crippen LogP contribution in [0.4, 0.5) is 5.82 Å². The van der Waals surface area contributed by atoms with Crippen LogP contribution in [0.15, 0.2) is 0 Å². The fraction of sp³-hybridized carbons (Fsp3) is 0.714. The zero-order chi connectivity index (χ0) is 14.9. The van der Waals surface area contributed by atoms with E-state index in [9.17, 15) is 0 Å². The topological polar surface area (TPSA) is 74.2 Å². The molecule has 0 amide bonds. The highest BCUT2D eigenvalue weighted by atomic mass is 15.4. The highest BCUT2D eigenvalue weighted by Gasteiger charge is 2.28. The lowest BCUT2D eigenvalue weighted by atomic mass is 10.1. The SMILES string of the molecule is CCC1CN(C)CCCN1c1c(C(=N)N)c(C)nn1C. The van der Waals surface area contributed by atoms with Crippen molar-refractivity contribution in [1.29, 1.82) is 5.41 Å². The third kappa shape index (κ3) is 2.65. The van der Waals surface area contributed by atoms with Crippen molar-refractivity contribution in [2.24, 2.45) is 12.8 Å². The number of nitrogens with zero attached hydrogens (tertiary/aromatic N) is 4. The van der Waals surface area contributed by atoms with Gasteiger partial charge < -0.3 is 15.5 Å². The van der Waals surface area contributed by atoms with Crippen LogP contribution in [0.3, 0.4) is 0 Å². The first-order chi connectivity index (χ1) is 9.45. The molecule has 1 fully saturated rings. The van der Waals surface area contributed by atoms with Crippen LogP contribution >= 0.6 is 0 Å². The molecule has 6 nitrogen and oxygen atoms in total. The van der Waals surface area contributed by atoms with Crippen LogP contribution in [0.2, 0.25) is 0 Å². The van der Waals surface area contributed by atoms with Crippen LogP contribution in [-0.2, 0) is 7.05 Å². The van der Waals surface area contributed by atoms with Crippen molar-refractivity contribution < 1.29 is 0 Å². The molecule has 1 aliphatic rings. The van der Waals surface area contributed by atoms with E-state index in [2.05, 4.69) is 28.9 Å². The number of amidine groups is 1. The predicted molar refractivity (Wildman–Crippen MR) is 82.5 cm³/mol. The lowest BCUT2D eigenvalue weighted by Crippen LogP contribution is -2.41. The summed E-state index contributed by atoms with van der Waals surface area (Å²) in [7, 11) is 4.11. The lowest BCUT2D eigenvalue weighted by Gasteiger charge is -2.32. The van der Waals surface area contributed by atoms with E-state index in [0.717, 1.165) is 49.6 Å². The van der Waals surface area contributed by atoms with Crippen molar-refractivity contribution in [2.75, 3.05) is 31.6 Å². The average Bonchev–Trinajstić information content (AvgIpc) is 2.56. The van der Waals surface area contributed by atoms with Gasteiger partial charge in [-0.2, -0.15) is 5.10 Å². The largest absolute Gasteiger partial charge is 0.384 e. The van der Waals surface area contributed by atoms with Crippen LogP contribution in [0.1, 0.15) is 31.0 Å². The lowest BCUT2D eigenvalue weighted by molar-refractivity contribution is 0.327. The van der Waals surface area contributed by atoms with Gasteiger partial charge in [-0.1, -0.05) is 6.92 Å². The van der Waals surface area contributed by atoms with Gasteiger partial charge in [0.05, 0.1) is 11.3 Å². The Balaban J connectivity index is 2.45. The van der Waals surface area contributed by atoms with Crippen LogP contribution in [0.5, 0.6) is 0 Å². The van der Waals surface area contributed by atoms with Crippen molar-refractivity contribution in [3.8, 4) is 0 Å². The fourth-order valence-corrected chi connectivity index (χ4v) is 3.16. The summed E-state index contributed by atoms with van der Waals surface area (Å²) in [6.07, 6.45) is 2.19. The third-order valence-corrected chi connectivity index (χ3v) is 4.11. The van der Waals surface area contributed by atoms with E-state index in [4.69, 9.17) is 11.1 Å². The highest BCUT2D eigenvalue weighted by molar-refractivity contribution is 6.01. The van der Waals surface area contributed by atoms with E-state index in [1.54, 1.807) is 0 Å². The second kappa shape index (κ2) is 5.83. The van der Waals surface area contributed by atoms with Gasteiger partial charge in [0.1, 0.15) is 11.7 Å². The second-order valence-corrected chi connectivity index (χ2v) is 5.69. The number of hydrogen-bond acceptors (Lipinski definition) is 4. The molecule has 6 heteroatoms. The third-order valence-electron chi connectivity index (χ3n) is 4.11. The van der Waals surface area contributed by atoms with E-state index in [-0.39, 0.29) is 5.84 Å². The van der Waals surface area contributed by atoms with Crippen LogP contribution < -0.4 is 10.6 Å². The number of aromatic nitrogens is 2. The average molecular weight is 278 g/mol. The minimum atomic E-state index is 0.109. The maximum absolute atomic E-state index is 7.85. The number of rotatable bonds is 3. The minimum absolute atomic E-state index is 0.109. The number of hydrogen-bond donors (Lipinski definition) is 2. The number of aryl methyl sites for hydroxylation is 2. The van der Waals surface area contributed by atoms with Crippen molar-refractivity contribution in [1.82, 2.24) is 14.7 Å². The molecular formula is C14H26N6. The summed E-state index contributed by atoms with van der Waals surface area (Å²) in [6, 6.07) is 0.440. The predicted octanol–water partition coefficient (Wildman–Crippen LogP) is 0.933. The molecule has 0 radical (unpaired) electrons. The number of likely N-dealkylation sites (N-methyl/N-ethyl adjacent to an activating group) is 1. The summed E-state index contributed by atoms with van der Waals surface area (Å²) >= 11 is 0. The monoisotopic (exact) mass is 278 g/mol. The molecular weight excluding hydrogens is 252 g/mol. The van der Waals surface area contributed by atoms with Crippen molar-refractivity contribution in [2.45, 2.75) is 32.7 Å². The van der Waals surface area contributed by atoms with Gasteiger partial charge in [0.15, 0.2) is 0 Å². The molecule has 1 aromatic heterocycles. The molecule has 0 saturated carbocycles. The standard InChI is InChI=1S/C14H26N6/c1-5-11-9-18(3)7-6-8-20(11)14-12(13(15)16)10(2)17-19(14)4/h11H,5-9H2,1-4H3,(H3,15,16). The Hall–Kier alpha value is -1.56. The fourth-order valence-electron chi connectivity index (χ4n) is 3.16. The Morgan fingerprint density at radius 3 is 2.70 bits per heavy atom. The van der Waals surface area contributed by atoms with Gasteiger partial charge in [-0.25, -0.2) is 0 Å². The Bertz CT molecular complexity index is 492. The minimum Gasteiger partial charge on any atom is -0.384 e. The first kappa shape index (κ1) is 14.8. The molecule has 112 valence electrons. The zero-order valence-electron chi connectivity index (χ0n) is 13.0. The van der Waals surface area contributed by atoms with Crippen LogP contribution in [-0.4, -0.2) is 53.2 Å². The van der Waals surface area contributed by atoms with Crippen molar-refractivity contribution >= 4 is 11.7 Å². The highest BCUT2D eigenvalue weighted by Crippen LogP contribution is 2.27. The zero-order valence-corrected chi connectivity index (χ0v) is 13.0. The Morgan fingerprint density at radius 1 is 1.40 bits per heavy atom. The van der Waals surface area contributed by atoms with E-state index in [1.807, 2.05) is 18.7 Å². The Labute approximate surface area is 121 Å². The molecule has 0 bridgehead atoms. The first-order valence-electron chi connectivity index (χ1n) is 7.28. The van der Waals surface area contributed by atoms with Gasteiger partial charge >= 0.3 is 0 Å². The van der Waals surface area contributed by atoms with Gasteiger partial charge in [0, 0.05) is 26.2 Å². The summed E-state index contributed by atoms with van der Waals surface area (Å²) in [5.74, 6) is 1.11. The molecule has 0 spiro atoms. The van der Waals surface area contributed by atoms with Crippen molar-refractivity contribution in [3.05, 3.63) is 11.3 Å². The summed E-state index contributed by atoms with van der Waals surface area (Å²) in [5, 5.41) is 12.3. The van der Waals surface area contributed by atoms with E-state index >= 15 is 0 Å². The quantitative estimate of drug-likeness (QED) is 0.637. The molecule has 1 aliphatic heterocycles. The van der Waals surface area contributed by atoms with Crippen LogP contribution in [0, 0.1) is 12.3 Å². The second-order valence-electron chi connectivity index (χ2n) is 5.69. The van der Waals surface area contributed by atoms with Gasteiger partial charge in [-0.05, 0) is 33.4 Å². The van der Waals surface area contributed by atoms with E-state index < -0.39 is 0 Å². The maximum atomic E-state index is 7.85. The number of nitrogen functional groups attached to an aromatic ring is 1. The summed E-state index contributed by atoms with van der Waals surface area (Å²) < 4.78 is 1.88. The molecule has 1 atom stereocenters. The molecule has 1 saturated heterocycles. The molecule has 0 aliphatic carbocycles. The molecule has 0 aromatic carbocycles. The van der Waals surface area contributed by atoms with Gasteiger partial charge in [-0.15, -0.1) is 0 Å². The van der Waals surface area contributed by atoms with Gasteiger partial charge in [0.2, 0.25) is 0 Å². The Morgan fingerprint density at radius 2 is 2.10 bits per heavy atom. The smallest absolute Gasteiger partial charge is 0.138 e. The molecule has 2 heterocycles. The van der Waals surface area contributed by atoms with Crippen LogP contribution in [0.25, 0.3) is 0 Å². The molecule has 2 rings (SSSR count). The summed E-state index contributed by atoms with van der Waals surface area (Å²) in [5.41, 5.74) is 7.40. The van der Waals surface area contributed by atoms with Gasteiger partial charge in [0.25, 0.3) is 0 Å². The maximum Gasteiger partial charge on any atom is 0.138 e. The Kier molecular flexibility index (Phi) is 4.32. The van der Waals surface area contributed by atoms with E-state index in [1.165, 1.54) is 0 Å². The number of anilines is 1. The van der Waals surface area contributed by atoms with Gasteiger partial charge in [-0.3, -0.25) is 10.1 Å². The van der Waals surface area contributed by atoms with E-state index in [0.29, 0.717) is 6.04 Å². The molecule has 1 unspecified atom stereocenters. The molecule has 20 heavy (non-hydrogen) atoms. The molecule has 3 N–H and O–H groups in total. The normalized spacial score (nSPS) is 21.0.